The first-order valence-corrected chi connectivity index (χ1v) is 9.85. The van der Waals surface area contributed by atoms with Gasteiger partial charge in [-0.2, -0.15) is 11.3 Å². The highest BCUT2D eigenvalue weighted by Crippen LogP contribution is 2.48. The Balaban J connectivity index is 1.45. The summed E-state index contributed by atoms with van der Waals surface area (Å²) >= 11 is 1.75. The fraction of sp³-hybridized carbons (Fsp3) is 0.450. The second-order valence-corrected chi connectivity index (χ2v) is 8.33. The van der Waals surface area contributed by atoms with Gasteiger partial charge >= 0.3 is 0 Å². The van der Waals surface area contributed by atoms with Crippen molar-refractivity contribution in [2.45, 2.75) is 31.2 Å². The van der Waals surface area contributed by atoms with E-state index in [9.17, 15) is 4.79 Å². The monoisotopic (exact) mass is 338 g/mol. The lowest BCUT2D eigenvalue weighted by Gasteiger charge is -2.24. The summed E-state index contributed by atoms with van der Waals surface area (Å²) in [5.74, 6) is 1.07. The topological polar surface area (TPSA) is 23.6 Å². The maximum absolute atomic E-state index is 13.4. The number of para-hydroxylation sites is 1. The summed E-state index contributed by atoms with van der Waals surface area (Å²) in [5.41, 5.74) is 3.50. The van der Waals surface area contributed by atoms with Crippen LogP contribution in [0.15, 0.2) is 41.1 Å². The quantitative estimate of drug-likeness (QED) is 0.849. The van der Waals surface area contributed by atoms with E-state index in [1.807, 2.05) is 0 Å². The van der Waals surface area contributed by atoms with Gasteiger partial charge in [0.25, 0.3) is 0 Å². The lowest BCUT2D eigenvalue weighted by molar-refractivity contribution is -0.122. The summed E-state index contributed by atoms with van der Waals surface area (Å²) in [5, 5.41) is 4.35. The summed E-state index contributed by atoms with van der Waals surface area (Å²) < 4.78 is 0. The standard InChI is InChI=1S/C20H22N2OS/c23-19-20(8-9-21(14-20)11-16-7-10-24-13-16)17-3-1-2-4-18(17)22(19)12-15-5-6-15/h1-4,7,10,13,15H,5-6,8-9,11-12,14H2/t20-/m0/s1. The van der Waals surface area contributed by atoms with Crippen molar-refractivity contribution in [1.29, 1.82) is 0 Å². The summed E-state index contributed by atoms with van der Waals surface area (Å²) in [6, 6.07) is 10.7. The number of carbonyl (C=O) groups excluding carboxylic acids is 1. The number of likely N-dealkylation sites (tertiary alicyclic amines) is 1. The van der Waals surface area contributed by atoms with E-state index in [1.54, 1.807) is 11.3 Å². The van der Waals surface area contributed by atoms with E-state index < -0.39 is 0 Å². The van der Waals surface area contributed by atoms with Crippen LogP contribution < -0.4 is 4.90 Å². The highest BCUT2D eigenvalue weighted by Gasteiger charge is 2.54. The highest BCUT2D eigenvalue weighted by atomic mass is 32.1. The molecule has 3 heterocycles. The van der Waals surface area contributed by atoms with Crippen molar-refractivity contribution < 1.29 is 4.79 Å². The van der Waals surface area contributed by atoms with Crippen molar-refractivity contribution in [2.75, 3.05) is 24.5 Å². The second-order valence-electron chi connectivity index (χ2n) is 7.55. The van der Waals surface area contributed by atoms with E-state index in [0.717, 1.165) is 38.5 Å². The van der Waals surface area contributed by atoms with Crippen molar-refractivity contribution >= 4 is 22.9 Å². The van der Waals surface area contributed by atoms with Gasteiger partial charge in [0.2, 0.25) is 5.91 Å². The van der Waals surface area contributed by atoms with E-state index in [1.165, 1.54) is 29.7 Å². The number of nitrogens with zero attached hydrogens (tertiary/aromatic N) is 2. The van der Waals surface area contributed by atoms with Gasteiger partial charge in [-0.15, -0.1) is 0 Å². The minimum absolute atomic E-state index is 0.304. The van der Waals surface area contributed by atoms with Crippen LogP contribution >= 0.6 is 11.3 Å². The summed E-state index contributed by atoms with van der Waals surface area (Å²) in [6.45, 7) is 3.75. The van der Waals surface area contributed by atoms with Gasteiger partial charge in [0.15, 0.2) is 0 Å². The van der Waals surface area contributed by atoms with Gasteiger partial charge in [-0.25, -0.2) is 0 Å². The molecule has 2 aromatic rings. The van der Waals surface area contributed by atoms with Crippen LogP contribution in [0.25, 0.3) is 0 Å². The molecule has 1 saturated carbocycles. The third-order valence-corrected chi connectivity index (χ3v) is 6.57. The molecule has 3 aliphatic rings. The number of amides is 1. The number of rotatable bonds is 4. The molecule has 2 fully saturated rings. The molecule has 0 unspecified atom stereocenters. The first-order valence-electron chi connectivity index (χ1n) is 8.91. The van der Waals surface area contributed by atoms with Gasteiger partial charge in [-0.3, -0.25) is 9.69 Å². The zero-order chi connectivity index (χ0) is 16.1. The Bertz CT molecular complexity index is 768. The zero-order valence-electron chi connectivity index (χ0n) is 13.8. The Kier molecular flexibility index (Phi) is 3.32. The Morgan fingerprint density at radius 2 is 2.08 bits per heavy atom. The summed E-state index contributed by atoms with van der Waals surface area (Å²) in [6.07, 6.45) is 3.51. The molecule has 1 aliphatic carbocycles. The van der Waals surface area contributed by atoms with Crippen LogP contribution in [-0.2, 0) is 16.8 Å². The van der Waals surface area contributed by atoms with Crippen molar-refractivity contribution in [3.63, 3.8) is 0 Å². The molecule has 5 rings (SSSR count). The molecule has 0 N–H and O–H groups in total. The van der Waals surface area contributed by atoms with E-state index in [4.69, 9.17) is 0 Å². The number of carbonyl (C=O) groups is 1. The average Bonchev–Trinajstić information content (AvgIpc) is 3.03. The molecule has 124 valence electrons. The molecule has 24 heavy (non-hydrogen) atoms. The molecular weight excluding hydrogens is 316 g/mol. The van der Waals surface area contributed by atoms with Gasteiger partial charge in [0, 0.05) is 25.3 Å². The summed E-state index contributed by atoms with van der Waals surface area (Å²) in [4.78, 5) is 18.0. The molecular formula is C20H22N2OS. The normalized spacial score (nSPS) is 26.5. The molecule has 1 atom stereocenters. The number of thiophene rings is 1. The minimum Gasteiger partial charge on any atom is -0.311 e. The van der Waals surface area contributed by atoms with Crippen LogP contribution in [0.1, 0.15) is 30.4 Å². The lowest BCUT2D eigenvalue weighted by atomic mass is 9.81. The van der Waals surface area contributed by atoms with E-state index in [2.05, 4.69) is 50.9 Å². The van der Waals surface area contributed by atoms with Crippen LogP contribution in [0.5, 0.6) is 0 Å². The van der Waals surface area contributed by atoms with E-state index in [0.29, 0.717) is 5.91 Å². The van der Waals surface area contributed by atoms with Crippen LogP contribution in [0, 0.1) is 5.92 Å². The largest absolute Gasteiger partial charge is 0.311 e. The molecule has 1 amide bonds. The smallest absolute Gasteiger partial charge is 0.239 e. The molecule has 1 aromatic carbocycles. The predicted molar refractivity (Wildman–Crippen MR) is 97.4 cm³/mol. The van der Waals surface area contributed by atoms with Crippen LogP contribution in [0.3, 0.4) is 0 Å². The molecule has 2 aliphatic heterocycles. The number of hydrogen-bond donors (Lipinski definition) is 0. The molecule has 1 aromatic heterocycles. The number of fused-ring (bicyclic) bond motifs is 2. The van der Waals surface area contributed by atoms with Gasteiger partial charge in [-0.05, 0) is 65.7 Å². The summed E-state index contributed by atoms with van der Waals surface area (Å²) in [7, 11) is 0. The molecule has 0 bridgehead atoms. The number of benzene rings is 1. The fourth-order valence-corrected chi connectivity index (χ4v) is 5.06. The third-order valence-electron chi connectivity index (χ3n) is 5.84. The SMILES string of the molecule is O=C1N(CC2CC2)c2ccccc2[C@@]12CCN(Cc1ccsc1)C2. The van der Waals surface area contributed by atoms with Crippen LogP contribution in [0.2, 0.25) is 0 Å². The van der Waals surface area contributed by atoms with Gasteiger partial charge < -0.3 is 4.90 Å². The van der Waals surface area contributed by atoms with E-state index in [-0.39, 0.29) is 5.41 Å². The molecule has 3 nitrogen and oxygen atoms in total. The lowest BCUT2D eigenvalue weighted by Crippen LogP contribution is -2.43. The van der Waals surface area contributed by atoms with Crippen molar-refractivity contribution in [3.8, 4) is 0 Å². The maximum atomic E-state index is 13.4. The third kappa shape index (κ3) is 2.24. The number of hydrogen-bond acceptors (Lipinski definition) is 3. The molecule has 1 saturated heterocycles. The fourth-order valence-electron chi connectivity index (χ4n) is 4.40. The van der Waals surface area contributed by atoms with Gasteiger partial charge in [-0.1, -0.05) is 18.2 Å². The second kappa shape index (κ2) is 5.43. The van der Waals surface area contributed by atoms with Crippen LogP contribution in [-0.4, -0.2) is 30.4 Å². The number of anilines is 1. The Labute approximate surface area is 146 Å². The van der Waals surface area contributed by atoms with Crippen molar-refractivity contribution in [1.82, 2.24) is 4.90 Å². The van der Waals surface area contributed by atoms with E-state index >= 15 is 0 Å². The molecule has 1 spiro atoms. The first kappa shape index (κ1) is 14.7. The Hall–Kier alpha value is -1.65. The Morgan fingerprint density at radius 3 is 2.88 bits per heavy atom. The minimum atomic E-state index is -0.304. The van der Waals surface area contributed by atoms with Crippen molar-refractivity contribution in [2.24, 2.45) is 5.92 Å². The van der Waals surface area contributed by atoms with Gasteiger partial charge in [0.1, 0.15) is 0 Å². The molecule has 0 radical (unpaired) electrons. The molecule has 4 heteroatoms. The van der Waals surface area contributed by atoms with Crippen LogP contribution in [0.4, 0.5) is 5.69 Å². The van der Waals surface area contributed by atoms with Gasteiger partial charge in [0.05, 0.1) is 5.41 Å². The predicted octanol–water partition coefficient (Wildman–Crippen LogP) is 3.65. The Morgan fingerprint density at radius 1 is 1.21 bits per heavy atom. The van der Waals surface area contributed by atoms with Crippen molar-refractivity contribution in [3.05, 3.63) is 52.2 Å². The maximum Gasteiger partial charge on any atom is 0.239 e. The average molecular weight is 338 g/mol. The highest BCUT2D eigenvalue weighted by molar-refractivity contribution is 7.07. The first-order chi connectivity index (χ1) is 11.8. The zero-order valence-corrected chi connectivity index (χ0v) is 14.6.